The standard InChI is InChI=1S/C27H25F4NO2/c1-18-5-4-6-25(13-18)34-17-26(33,27(29,30)31)23-10-7-19(2)22(15-23)16-32-20(3)14-21-8-11-24(28)12-9-21/h4-16,33H,17H2,1-3H3/b20-14-,32-16?. The normalized spacial score (nSPS) is 14.3. The molecule has 0 spiro atoms. The zero-order chi connectivity index (χ0) is 24.9. The molecular weight excluding hydrogens is 446 g/mol. The fourth-order valence-electron chi connectivity index (χ4n) is 3.27. The van der Waals surface area contributed by atoms with Crippen molar-refractivity contribution in [2.24, 2.45) is 4.99 Å². The van der Waals surface area contributed by atoms with E-state index in [1.54, 1.807) is 57.2 Å². The number of aryl methyl sites for hydroxylation is 2. The Morgan fingerprint density at radius 2 is 1.71 bits per heavy atom. The second-order valence-corrected chi connectivity index (χ2v) is 8.13. The number of benzene rings is 3. The highest BCUT2D eigenvalue weighted by Crippen LogP contribution is 2.40. The molecule has 3 rings (SSSR count). The number of hydrogen-bond acceptors (Lipinski definition) is 3. The fourth-order valence-corrected chi connectivity index (χ4v) is 3.27. The first-order chi connectivity index (χ1) is 16.0. The van der Waals surface area contributed by atoms with Crippen molar-refractivity contribution in [1.29, 1.82) is 0 Å². The molecule has 0 heterocycles. The van der Waals surface area contributed by atoms with E-state index in [0.29, 0.717) is 16.8 Å². The van der Waals surface area contributed by atoms with Gasteiger partial charge in [0.1, 0.15) is 18.2 Å². The van der Waals surface area contributed by atoms with E-state index in [-0.39, 0.29) is 17.1 Å². The summed E-state index contributed by atoms with van der Waals surface area (Å²) in [7, 11) is 0. The van der Waals surface area contributed by atoms with Crippen LogP contribution in [0.5, 0.6) is 5.75 Å². The number of hydrogen-bond donors (Lipinski definition) is 1. The van der Waals surface area contributed by atoms with E-state index in [4.69, 9.17) is 4.74 Å². The number of nitrogens with zero attached hydrogens (tertiary/aromatic N) is 1. The minimum atomic E-state index is -4.97. The summed E-state index contributed by atoms with van der Waals surface area (Å²) in [6.45, 7) is 4.25. The lowest BCUT2D eigenvalue weighted by atomic mass is 9.91. The van der Waals surface area contributed by atoms with E-state index in [2.05, 4.69) is 4.99 Å². The summed E-state index contributed by atoms with van der Waals surface area (Å²) in [4.78, 5) is 4.31. The molecule has 3 aromatic rings. The second-order valence-electron chi connectivity index (χ2n) is 8.13. The van der Waals surface area contributed by atoms with Gasteiger partial charge in [-0.2, -0.15) is 13.2 Å². The summed E-state index contributed by atoms with van der Waals surface area (Å²) in [6, 6.07) is 16.4. The molecule has 3 nitrogen and oxygen atoms in total. The van der Waals surface area contributed by atoms with Gasteiger partial charge in [-0.3, -0.25) is 4.99 Å². The average molecular weight is 471 g/mol. The number of aliphatic imine (C=N–C) groups is 1. The highest BCUT2D eigenvalue weighted by atomic mass is 19.4. The van der Waals surface area contributed by atoms with E-state index in [0.717, 1.165) is 11.1 Å². The maximum Gasteiger partial charge on any atom is 0.424 e. The third kappa shape index (κ3) is 6.11. The molecule has 34 heavy (non-hydrogen) atoms. The van der Waals surface area contributed by atoms with Crippen LogP contribution in [0.4, 0.5) is 17.6 Å². The van der Waals surface area contributed by atoms with Gasteiger partial charge in [0.25, 0.3) is 0 Å². The third-order valence-corrected chi connectivity index (χ3v) is 5.32. The van der Waals surface area contributed by atoms with Crippen LogP contribution in [-0.4, -0.2) is 24.1 Å². The first-order valence-electron chi connectivity index (χ1n) is 10.6. The molecule has 0 aromatic heterocycles. The van der Waals surface area contributed by atoms with Gasteiger partial charge >= 0.3 is 6.18 Å². The molecule has 178 valence electrons. The molecular formula is C27H25F4NO2. The maximum absolute atomic E-state index is 14.0. The Balaban J connectivity index is 1.88. The molecule has 3 aromatic carbocycles. The van der Waals surface area contributed by atoms with Crippen molar-refractivity contribution in [3.63, 3.8) is 0 Å². The summed E-state index contributed by atoms with van der Waals surface area (Å²) in [5.41, 5.74) is -0.322. The van der Waals surface area contributed by atoms with Crippen molar-refractivity contribution in [3.8, 4) is 5.75 Å². The van der Waals surface area contributed by atoms with Gasteiger partial charge in [0.15, 0.2) is 0 Å². The first-order valence-corrected chi connectivity index (χ1v) is 10.6. The Labute approximate surface area is 196 Å². The zero-order valence-electron chi connectivity index (χ0n) is 19.0. The Bertz CT molecular complexity index is 1200. The quantitative estimate of drug-likeness (QED) is 0.306. The van der Waals surface area contributed by atoms with Crippen molar-refractivity contribution in [2.75, 3.05) is 6.61 Å². The van der Waals surface area contributed by atoms with Crippen molar-refractivity contribution in [2.45, 2.75) is 32.5 Å². The van der Waals surface area contributed by atoms with Gasteiger partial charge in [-0.1, -0.05) is 36.4 Å². The van der Waals surface area contributed by atoms with Crippen LogP contribution in [-0.2, 0) is 5.60 Å². The van der Waals surface area contributed by atoms with E-state index in [9.17, 15) is 22.7 Å². The van der Waals surface area contributed by atoms with Crippen LogP contribution in [0.25, 0.3) is 6.08 Å². The maximum atomic E-state index is 14.0. The number of rotatable bonds is 7. The number of aliphatic hydroxyl groups is 1. The Morgan fingerprint density at radius 3 is 2.35 bits per heavy atom. The van der Waals surface area contributed by atoms with Crippen LogP contribution in [0, 0.1) is 19.7 Å². The lowest BCUT2D eigenvalue weighted by Crippen LogP contribution is -2.47. The van der Waals surface area contributed by atoms with Gasteiger partial charge in [-0.05, 0) is 85.0 Å². The van der Waals surface area contributed by atoms with E-state index >= 15 is 0 Å². The Morgan fingerprint density at radius 1 is 1.00 bits per heavy atom. The molecule has 0 bridgehead atoms. The first kappa shape index (κ1) is 25.2. The number of alkyl halides is 3. The molecule has 0 aliphatic carbocycles. The molecule has 1 N–H and O–H groups in total. The highest BCUT2D eigenvalue weighted by molar-refractivity contribution is 5.83. The molecule has 1 atom stereocenters. The summed E-state index contributed by atoms with van der Waals surface area (Å²) >= 11 is 0. The number of allylic oxidation sites excluding steroid dienone is 1. The van der Waals surface area contributed by atoms with E-state index in [1.807, 2.05) is 0 Å². The van der Waals surface area contributed by atoms with E-state index in [1.165, 1.54) is 42.6 Å². The molecule has 0 amide bonds. The van der Waals surface area contributed by atoms with Crippen molar-refractivity contribution >= 4 is 12.3 Å². The highest BCUT2D eigenvalue weighted by Gasteiger charge is 2.56. The van der Waals surface area contributed by atoms with Gasteiger partial charge in [0.2, 0.25) is 5.60 Å². The number of halogens is 4. The molecule has 0 aliphatic rings. The molecule has 0 fully saturated rings. The Kier molecular flexibility index (Phi) is 7.57. The van der Waals surface area contributed by atoms with E-state index < -0.39 is 18.4 Å². The topological polar surface area (TPSA) is 41.8 Å². The molecule has 0 saturated heterocycles. The minimum absolute atomic E-state index is 0.234. The Hall–Kier alpha value is -3.45. The van der Waals surface area contributed by atoms with Crippen LogP contribution >= 0.6 is 0 Å². The zero-order valence-corrected chi connectivity index (χ0v) is 19.0. The lowest BCUT2D eigenvalue weighted by Gasteiger charge is -2.31. The predicted molar refractivity (Wildman–Crippen MR) is 125 cm³/mol. The molecule has 0 saturated carbocycles. The fraction of sp³-hybridized carbons (Fsp3) is 0.222. The lowest BCUT2D eigenvalue weighted by molar-refractivity contribution is -0.275. The smallest absolute Gasteiger partial charge is 0.424 e. The van der Waals surface area contributed by atoms with Crippen LogP contribution in [0.15, 0.2) is 77.4 Å². The van der Waals surface area contributed by atoms with Crippen LogP contribution in [0.3, 0.4) is 0 Å². The summed E-state index contributed by atoms with van der Waals surface area (Å²) < 4.78 is 60.4. The minimum Gasteiger partial charge on any atom is -0.490 e. The van der Waals surface area contributed by atoms with Crippen molar-refractivity contribution < 1.29 is 27.4 Å². The van der Waals surface area contributed by atoms with Gasteiger partial charge in [-0.25, -0.2) is 4.39 Å². The molecule has 0 aliphatic heterocycles. The summed E-state index contributed by atoms with van der Waals surface area (Å²) in [5.74, 6) is -0.118. The van der Waals surface area contributed by atoms with Crippen molar-refractivity contribution in [1.82, 2.24) is 0 Å². The second kappa shape index (κ2) is 10.2. The van der Waals surface area contributed by atoms with Gasteiger partial charge in [0.05, 0.1) is 0 Å². The monoisotopic (exact) mass is 471 g/mol. The largest absolute Gasteiger partial charge is 0.490 e. The summed E-state index contributed by atoms with van der Waals surface area (Å²) in [5, 5.41) is 10.7. The van der Waals surface area contributed by atoms with Gasteiger partial charge < -0.3 is 9.84 Å². The third-order valence-electron chi connectivity index (χ3n) is 5.32. The molecule has 1 unspecified atom stereocenters. The molecule has 0 radical (unpaired) electrons. The average Bonchev–Trinajstić information content (AvgIpc) is 2.78. The van der Waals surface area contributed by atoms with Crippen LogP contribution < -0.4 is 4.74 Å². The van der Waals surface area contributed by atoms with Crippen molar-refractivity contribution in [3.05, 3.63) is 106 Å². The molecule has 7 heteroatoms. The summed E-state index contributed by atoms with van der Waals surface area (Å²) in [6.07, 6.45) is -1.82. The van der Waals surface area contributed by atoms with Crippen LogP contribution in [0.2, 0.25) is 0 Å². The van der Waals surface area contributed by atoms with Gasteiger partial charge in [-0.15, -0.1) is 0 Å². The predicted octanol–water partition coefficient (Wildman–Crippen LogP) is 6.75. The van der Waals surface area contributed by atoms with Crippen LogP contribution in [0.1, 0.15) is 34.7 Å². The number of ether oxygens (including phenoxy) is 1. The SMILES string of the molecule is C/C(=C/c1ccc(F)cc1)N=Cc1cc(C(O)(COc2cccc(C)c2)C(F)(F)F)ccc1C. The van der Waals surface area contributed by atoms with Gasteiger partial charge in [0, 0.05) is 11.9 Å².